The van der Waals surface area contributed by atoms with E-state index in [0.29, 0.717) is 6.04 Å². The molecule has 2 heteroatoms. The summed E-state index contributed by atoms with van der Waals surface area (Å²) in [6, 6.07) is 6.52. The van der Waals surface area contributed by atoms with E-state index in [2.05, 4.69) is 29.6 Å². The van der Waals surface area contributed by atoms with Crippen LogP contribution < -0.4 is 4.57 Å². The number of fused-ring (bicyclic) bond motifs is 1. The Labute approximate surface area is 66.2 Å². The highest BCUT2D eigenvalue weighted by molar-refractivity contribution is 5.87. The van der Waals surface area contributed by atoms with Crippen molar-refractivity contribution in [2.45, 2.75) is 19.9 Å². The Hall–Kier alpha value is -1.18. The van der Waals surface area contributed by atoms with Gasteiger partial charge in [0, 0.05) is 13.0 Å². The summed E-state index contributed by atoms with van der Waals surface area (Å²) in [5, 5.41) is 0. The molecule has 1 aliphatic heterocycles. The lowest BCUT2D eigenvalue weighted by molar-refractivity contribution is -0.685. The summed E-state index contributed by atoms with van der Waals surface area (Å²) < 4.78 is 2.18. The molecule has 0 aliphatic carbocycles. The van der Waals surface area contributed by atoms with Crippen molar-refractivity contribution in [3.8, 4) is 0 Å². The molecule has 0 fully saturated rings. The zero-order chi connectivity index (χ0) is 7.84. The van der Waals surface area contributed by atoms with E-state index in [1.54, 1.807) is 0 Å². The quantitative estimate of drug-likeness (QED) is 0.496. The fourth-order valence-electron chi connectivity index (χ4n) is 1.34. The third-order valence-corrected chi connectivity index (χ3v) is 2.18. The highest BCUT2D eigenvalue weighted by atomic mass is 15.1. The van der Waals surface area contributed by atoms with E-state index in [0.717, 1.165) is 5.82 Å². The first-order valence-electron chi connectivity index (χ1n) is 3.84. The van der Waals surface area contributed by atoms with Gasteiger partial charge in [-0.1, -0.05) is 6.07 Å². The summed E-state index contributed by atoms with van der Waals surface area (Å²) in [5.41, 5.74) is 1.19. The largest absolute Gasteiger partial charge is 0.323 e. The summed E-state index contributed by atoms with van der Waals surface area (Å²) in [5.74, 6) is 1.07. The number of hydrogen-bond donors (Lipinski definition) is 0. The molecule has 11 heavy (non-hydrogen) atoms. The molecule has 1 atom stereocenters. The second-order valence-corrected chi connectivity index (χ2v) is 2.90. The topological polar surface area (TPSA) is 16.2 Å². The Bertz CT molecular complexity index is 315. The number of aromatic nitrogens is 1. The minimum atomic E-state index is 0.436. The summed E-state index contributed by atoms with van der Waals surface area (Å²) >= 11 is 0. The molecule has 1 aromatic rings. The van der Waals surface area contributed by atoms with E-state index in [4.69, 9.17) is 0 Å². The second-order valence-electron chi connectivity index (χ2n) is 2.90. The van der Waals surface area contributed by atoms with Crippen LogP contribution in [0.4, 0.5) is 5.82 Å². The van der Waals surface area contributed by atoms with Gasteiger partial charge < -0.3 is 0 Å². The van der Waals surface area contributed by atoms with Crippen LogP contribution in [-0.4, -0.2) is 5.71 Å². The van der Waals surface area contributed by atoms with Crippen molar-refractivity contribution in [1.82, 2.24) is 0 Å². The molecule has 1 aromatic heterocycles. The van der Waals surface area contributed by atoms with Crippen molar-refractivity contribution in [2.24, 2.45) is 4.99 Å². The van der Waals surface area contributed by atoms with E-state index in [-0.39, 0.29) is 0 Å². The van der Waals surface area contributed by atoms with Gasteiger partial charge in [-0.15, -0.1) is 0 Å². The van der Waals surface area contributed by atoms with E-state index in [1.807, 2.05) is 18.2 Å². The lowest BCUT2D eigenvalue weighted by Crippen LogP contribution is -2.36. The first-order chi connectivity index (χ1) is 5.29. The average Bonchev–Trinajstić information content (AvgIpc) is 2.30. The van der Waals surface area contributed by atoms with Crippen LogP contribution in [0.15, 0.2) is 29.4 Å². The number of aliphatic imine (C=N–C) groups is 1. The summed E-state index contributed by atoms with van der Waals surface area (Å²) in [7, 11) is 0. The van der Waals surface area contributed by atoms with Gasteiger partial charge in [-0.3, -0.25) is 0 Å². The second kappa shape index (κ2) is 2.16. The lowest BCUT2D eigenvalue weighted by atomic mass is 10.2. The van der Waals surface area contributed by atoms with Gasteiger partial charge in [-0.2, -0.15) is 0 Å². The van der Waals surface area contributed by atoms with Crippen LogP contribution in [-0.2, 0) is 0 Å². The average molecular weight is 147 g/mol. The Balaban J connectivity index is 2.58. The third kappa shape index (κ3) is 0.862. The molecule has 0 saturated heterocycles. The Morgan fingerprint density at radius 1 is 1.45 bits per heavy atom. The van der Waals surface area contributed by atoms with Crippen LogP contribution in [0.5, 0.6) is 0 Å². The van der Waals surface area contributed by atoms with Gasteiger partial charge in [-0.05, 0) is 18.0 Å². The molecule has 0 radical (unpaired) electrons. The molecule has 1 unspecified atom stereocenters. The monoisotopic (exact) mass is 147 g/mol. The zero-order valence-corrected chi connectivity index (χ0v) is 6.78. The van der Waals surface area contributed by atoms with Gasteiger partial charge in [0.1, 0.15) is 0 Å². The van der Waals surface area contributed by atoms with Gasteiger partial charge in [-0.25, -0.2) is 4.57 Å². The minimum absolute atomic E-state index is 0.436. The fraction of sp³-hybridized carbons (Fsp3) is 0.333. The Morgan fingerprint density at radius 2 is 2.27 bits per heavy atom. The maximum absolute atomic E-state index is 4.41. The summed E-state index contributed by atoms with van der Waals surface area (Å²) in [6.07, 6.45) is 2.07. The first-order valence-corrected chi connectivity index (χ1v) is 3.84. The molecule has 0 aromatic carbocycles. The maximum atomic E-state index is 4.41. The maximum Gasteiger partial charge on any atom is 0.323 e. The predicted octanol–water partition coefficient (Wildman–Crippen LogP) is 1.64. The van der Waals surface area contributed by atoms with Gasteiger partial charge in [0.25, 0.3) is 0 Å². The molecule has 2 rings (SSSR count). The van der Waals surface area contributed by atoms with E-state index < -0.39 is 0 Å². The molecule has 56 valence electrons. The molecule has 2 nitrogen and oxygen atoms in total. The molecule has 0 bridgehead atoms. The Kier molecular flexibility index (Phi) is 1.28. The minimum Gasteiger partial charge on any atom is -0.221 e. The Morgan fingerprint density at radius 3 is 3.00 bits per heavy atom. The lowest BCUT2D eigenvalue weighted by Gasteiger charge is -1.99. The summed E-state index contributed by atoms with van der Waals surface area (Å²) in [6.45, 7) is 4.23. The van der Waals surface area contributed by atoms with Crippen LogP contribution in [0.3, 0.4) is 0 Å². The molecule has 0 amide bonds. The van der Waals surface area contributed by atoms with Crippen molar-refractivity contribution in [1.29, 1.82) is 0 Å². The van der Waals surface area contributed by atoms with Gasteiger partial charge in [0.2, 0.25) is 0 Å². The SMILES string of the molecule is CC1=Nc2cccc[n+]2C1C. The molecule has 0 N–H and O–H groups in total. The van der Waals surface area contributed by atoms with Crippen molar-refractivity contribution in [2.75, 3.05) is 0 Å². The fourth-order valence-corrected chi connectivity index (χ4v) is 1.34. The molecule has 1 aliphatic rings. The van der Waals surface area contributed by atoms with E-state index in [1.165, 1.54) is 5.71 Å². The van der Waals surface area contributed by atoms with Crippen LogP contribution >= 0.6 is 0 Å². The van der Waals surface area contributed by atoms with Crippen molar-refractivity contribution in [3.05, 3.63) is 24.4 Å². The number of rotatable bonds is 0. The molecule has 0 saturated carbocycles. The van der Waals surface area contributed by atoms with Crippen LogP contribution in [0, 0.1) is 0 Å². The molecule has 2 heterocycles. The van der Waals surface area contributed by atoms with Crippen molar-refractivity contribution < 1.29 is 4.57 Å². The highest BCUT2D eigenvalue weighted by Crippen LogP contribution is 2.17. The van der Waals surface area contributed by atoms with Gasteiger partial charge >= 0.3 is 5.82 Å². The zero-order valence-electron chi connectivity index (χ0n) is 6.78. The van der Waals surface area contributed by atoms with Crippen LogP contribution in [0.1, 0.15) is 19.9 Å². The van der Waals surface area contributed by atoms with Crippen LogP contribution in [0.2, 0.25) is 0 Å². The molecular weight excluding hydrogens is 136 g/mol. The number of nitrogens with zero attached hydrogens (tertiary/aromatic N) is 2. The van der Waals surface area contributed by atoms with Gasteiger partial charge in [0.05, 0.1) is 6.20 Å². The van der Waals surface area contributed by atoms with E-state index >= 15 is 0 Å². The standard InChI is InChI=1S/C9H11N2/c1-7-8(2)11-6-4-3-5-9(11)10-7/h3-6,8H,1-2H3/q+1. The number of hydrogen-bond acceptors (Lipinski definition) is 1. The highest BCUT2D eigenvalue weighted by Gasteiger charge is 2.27. The molecule has 0 spiro atoms. The third-order valence-electron chi connectivity index (χ3n) is 2.18. The predicted molar refractivity (Wildman–Crippen MR) is 44.1 cm³/mol. The first kappa shape index (κ1) is 6.53. The summed E-state index contributed by atoms with van der Waals surface area (Å²) in [4.78, 5) is 4.41. The van der Waals surface area contributed by atoms with Gasteiger partial charge in [0.15, 0.2) is 11.8 Å². The smallest absolute Gasteiger partial charge is 0.221 e. The van der Waals surface area contributed by atoms with Crippen molar-refractivity contribution in [3.63, 3.8) is 0 Å². The molecular formula is C9H11N2+. The van der Waals surface area contributed by atoms with E-state index in [9.17, 15) is 0 Å². The normalized spacial score (nSPS) is 21.3. The number of pyridine rings is 1. The van der Waals surface area contributed by atoms with Crippen LogP contribution in [0.25, 0.3) is 0 Å². The van der Waals surface area contributed by atoms with Crippen molar-refractivity contribution >= 4 is 11.5 Å².